The van der Waals surface area contributed by atoms with E-state index >= 15 is 0 Å². The van der Waals surface area contributed by atoms with Crippen LogP contribution in [0.3, 0.4) is 0 Å². The zero-order chi connectivity index (χ0) is 14.2. The summed E-state index contributed by atoms with van der Waals surface area (Å²) in [5.74, 6) is 0.832. The average Bonchev–Trinajstić information content (AvgIpc) is 2.52. The third kappa shape index (κ3) is 4.28. The highest BCUT2D eigenvalue weighted by Crippen LogP contribution is 2.15. The van der Waals surface area contributed by atoms with Gasteiger partial charge in [0.15, 0.2) is 0 Å². The molecule has 0 unspecified atom stereocenters. The summed E-state index contributed by atoms with van der Waals surface area (Å²) < 4.78 is 5.71. The second kappa shape index (κ2) is 7.14. The summed E-state index contributed by atoms with van der Waals surface area (Å²) >= 11 is 0. The van der Waals surface area contributed by atoms with Crippen molar-refractivity contribution in [3.63, 3.8) is 0 Å². The Morgan fingerprint density at radius 3 is 2.45 bits per heavy atom. The third-order valence-electron chi connectivity index (χ3n) is 2.80. The van der Waals surface area contributed by atoms with Gasteiger partial charge in [0, 0.05) is 0 Å². The number of ether oxygens (including phenoxy) is 1. The fraction of sp³-hybridized carbons (Fsp3) is 0.118. The second-order valence-corrected chi connectivity index (χ2v) is 4.42. The van der Waals surface area contributed by atoms with Gasteiger partial charge in [0.2, 0.25) is 0 Å². The molecule has 0 aliphatic heterocycles. The molecule has 0 aromatic heterocycles. The first-order chi connectivity index (χ1) is 9.78. The molecule has 2 rings (SSSR count). The van der Waals surface area contributed by atoms with Gasteiger partial charge in [0.25, 0.3) is 0 Å². The molecule has 0 amide bonds. The Bertz CT molecular complexity index is 586. The molecule has 0 bridgehead atoms. The molecule has 3 heteroatoms. The van der Waals surface area contributed by atoms with Crippen molar-refractivity contribution in [3.05, 3.63) is 71.8 Å². The molecule has 0 saturated heterocycles. The van der Waals surface area contributed by atoms with E-state index in [1.54, 1.807) is 13.0 Å². The number of benzene rings is 2. The predicted octanol–water partition coefficient (Wildman–Crippen LogP) is 4.13. The van der Waals surface area contributed by atoms with Crippen LogP contribution in [0, 0.1) is 0 Å². The van der Waals surface area contributed by atoms with Gasteiger partial charge in [-0.3, -0.25) is 0 Å². The van der Waals surface area contributed by atoms with E-state index in [9.17, 15) is 0 Å². The van der Waals surface area contributed by atoms with Crippen molar-refractivity contribution in [3.8, 4) is 5.75 Å². The number of oxime groups is 1. The first-order valence-electron chi connectivity index (χ1n) is 6.41. The molecule has 2 aromatic carbocycles. The van der Waals surface area contributed by atoms with E-state index in [0.717, 1.165) is 16.9 Å². The first-order valence-corrected chi connectivity index (χ1v) is 6.41. The lowest BCUT2D eigenvalue weighted by molar-refractivity contribution is 0.306. The number of allylic oxidation sites excluding steroid dienone is 1. The Balaban J connectivity index is 1.93. The van der Waals surface area contributed by atoms with E-state index in [1.165, 1.54) is 0 Å². The highest BCUT2D eigenvalue weighted by molar-refractivity contribution is 5.95. The Hall–Kier alpha value is -2.55. The van der Waals surface area contributed by atoms with E-state index in [2.05, 4.69) is 5.16 Å². The largest absolute Gasteiger partial charge is 0.489 e. The van der Waals surface area contributed by atoms with Crippen LogP contribution in [0.15, 0.2) is 65.8 Å². The fourth-order valence-corrected chi connectivity index (χ4v) is 1.67. The Kier molecular flexibility index (Phi) is 4.95. The molecule has 0 radical (unpaired) electrons. The minimum absolute atomic E-state index is 0.562. The maximum Gasteiger partial charge on any atom is 0.119 e. The summed E-state index contributed by atoms with van der Waals surface area (Å²) in [5, 5.41) is 11.6. The van der Waals surface area contributed by atoms with Crippen LogP contribution in [0.1, 0.15) is 18.1 Å². The van der Waals surface area contributed by atoms with Gasteiger partial charge >= 0.3 is 0 Å². The van der Waals surface area contributed by atoms with Gasteiger partial charge in [-0.15, -0.1) is 0 Å². The van der Waals surface area contributed by atoms with Gasteiger partial charge in [-0.05, 0) is 36.3 Å². The Morgan fingerprint density at radius 2 is 1.80 bits per heavy atom. The molecule has 0 aliphatic carbocycles. The van der Waals surface area contributed by atoms with Crippen LogP contribution in [-0.4, -0.2) is 10.9 Å². The van der Waals surface area contributed by atoms with E-state index in [4.69, 9.17) is 9.94 Å². The van der Waals surface area contributed by atoms with Crippen molar-refractivity contribution in [2.45, 2.75) is 13.5 Å². The molecule has 0 heterocycles. The second-order valence-electron chi connectivity index (χ2n) is 4.42. The number of rotatable bonds is 5. The highest BCUT2D eigenvalue weighted by atomic mass is 16.5. The summed E-state index contributed by atoms with van der Waals surface area (Å²) in [6, 6.07) is 17.8. The normalized spacial score (nSPS) is 11.8. The van der Waals surface area contributed by atoms with Gasteiger partial charge in [-0.25, -0.2) is 0 Å². The molecule has 0 atom stereocenters. The molecule has 2 aromatic rings. The summed E-state index contributed by atoms with van der Waals surface area (Å²) in [7, 11) is 0. The lowest BCUT2D eigenvalue weighted by Gasteiger charge is -2.06. The molecule has 20 heavy (non-hydrogen) atoms. The lowest BCUT2D eigenvalue weighted by atomic mass is 10.2. The lowest BCUT2D eigenvalue weighted by Crippen LogP contribution is -1.94. The number of hydrogen-bond acceptors (Lipinski definition) is 3. The van der Waals surface area contributed by atoms with Crippen LogP contribution < -0.4 is 4.74 Å². The van der Waals surface area contributed by atoms with Gasteiger partial charge in [-0.1, -0.05) is 53.7 Å². The molecule has 1 N–H and O–H groups in total. The number of nitrogens with zero attached hydrogens (tertiary/aromatic N) is 1. The minimum Gasteiger partial charge on any atom is -0.489 e. The van der Waals surface area contributed by atoms with Crippen LogP contribution in [0.25, 0.3) is 6.08 Å². The maximum absolute atomic E-state index is 8.55. The van der Waals surface area contributed by atoms with Crippen LogP contribution in [-0.2, 0) is 6.61 Å². The molecule has 0 fully saturated rings. The van der Waals surface area contributed by atoms with E-state index in [0.29, 0.717) is 12.3 Å². The van der Waals surface area contributed by atoms with Crippen LogP contribution in [0.4, 0.5) is 0 Å². The van der Waals surface area contributed by atoms with Gasteiger partial charge in [-0.2, -0.15) is 0 Å². The van der Waals surface area contributed by atoms with Crippen LogP contribution >= 0.6 is 0 Å². The van der Waals surface area contributed by atoms with E-state index in [-0.39, 0.29) is 0 Å². The van der Waals surface area contributed by atoms with Gasteiger partial charge < -0.3 is 9.94 Å². The third-order valence-corrected chi connectivity index (χ3v) is 2.80. The van der Waals surface area contributed by atoms with Crippen LogP contribution in [0.2, 0.25) is 0 Å². The zero-order valence-corrected chi connectivity index (χ0v) is 11.4. The Labute approximate surface area is 118 Å². The van der Waals surface area contributed by atoms with Crippen molar-refractivity contribution in [1.82, 2.24) is 0 Å². The maximum atomic E-state index is 8.55. The van der Waals surface area contributed by atoms with E-state index in [1.807, 2.05) is 60.7 Å². The smallest absolute Gasteiger partial charge is 0.119 e. The predicted molar refractivity (Wildman–Crippen MR) is 81.1 cm³/mol. The molecule has 0 saturated carbocycles. The monoisotopic (exact) mass is 267 g/mol. The van der Waals surface area contributed by atoms with Gasteiger partial charge in [0.1, 0.15) is 12.4 Å². The molecule has 0 spiro atoms. The Morgan fingerprint density at radius 1 is 1.10 bits per heavy atom. The van der Waals surface area contributed by atoms with Crippen molar-refractivity contribution in [2.24, 2.45) is 5.16 Å². The SMILES string of the molecule is CC(/C=C/c1ccc(OCc2ccccc2)cc1)=N/O. The number of hydrogen-bond donors (Lipinski definition) is 1. The minimum atomic E-state index is 0.562. The van der Waals surface area contributed by atoms with Crippen molar-refractivity contribution in [1.29, 1.82) is 0 Å². The fourth-order valence-electron chi connectivity index (χ4n) is 1.67. The molecule has 102 valence electrons. The van der Waals surface area contributed by atoms with Gasteiger partial charge in [0.05, 0.1) is 5.71 Å². The van der Waals surface area contributed by atoms with E-state index < -0.39 is 0 Å². The first kappa shape index (κ1) is 13.9. The summed E-state index contributed by atoms with van der Waals surface area (Å²) in [6.07, 6.45) is 3.63. The quantitative estimate of drug-likeness (QED) is 0.503. The molecular weight excluding hydrogens is 250 g/mol. The van der Waals surface area contributed by atoms with Crippen molar-refractivity contribution >= 4 is 11.8 Å². The average molecular weight is 267 g/mol. The highest BCUT2D eigenvalue weighted by Gasteiger charge is 1.95. The zero-order valence-electron chi connectivity index (χ0n) is 11.4. The standard InChI is InChI=1S/C17H17NO2/c1-14(18-19)7-8-15-9-11-17(12-10-15)20-13-16-5-3-2-4-6-16/h2-12,19H,13H2,1H3/b8-7+,18-14-. The molecule has 3 nitrogen and oxygen atoms in total. The van der Waals surface area contributed by atoms with Crippen molar-refractivity contribution in [2.75, 3.05) is 0 Å². The topological polar surface area (TPSA) is 41.8 Å². The summed E-state index contributed by atoms with van der Waals surface area (Å²) in [5.41, 5.74) is 2.74. The molecular formula is C17H17NO2. The van der Waals surface area contributed by atoms with Crippen LogP contribution in [0.5, 0.6) is 5.75 Å². The summed E-state index contributed by atoms with van der Waals surface area (Å²) in [6.45, 7) is 2.29. The summed E-state index contributed by atoms with van der Waals surface area (Å²) in [4.78, 5) is 0. The van der Waals surface area contributed by atoms with Crippen molar-refractivity contribution < 1.29 is 9.94 Å². The molecule has 0 aliphatic rings.